The van der Waals surface area contributed by atoms with Gasteiger partial charge in [-0.15, -0.1) is 6.58 Å². The molecule has 0 aromatic heterocycles. The number of carbonyl (C=O) groups is 1. The van der Waals surface area contributed by atoms with Crippen LogP contribution in [-0.4, -0.2) is 5.78 Å². The van der Waals surface area contributed by atoms with Gasteiger partial charge in [0.05, 0.1) is 0 Å². The fourth-order valence-electron chi connectivity index (χ4n) is 0.637. The first-order chi connectivity index (χ1) is 4.70. The van der Waals surface area contributed by atoms with Crippen molar-refractivity contribution in [3.63, 3.8) is 0 Å². The van der Waals surface area contributed by atoms with E-state index >= 15 is 0 Å². The fourth-order valence-corrected chi connectivity index (χ4v) is 0.637. The third kappa shape index (κ3) is 4.07. The van der Waals surface area contributed by atoms with Gasteiger partial charge in [-0.05, 0) is 6.42 Å². The maximum absolute atomic E-state index is 10.9. The molecule has 0 saturated heterocycles. The Kier molecular flexibility index (Phi) is 4.55. The first kappa shape index (κ1) is 9.15. The maximum Gasteiger partial charge on any atom is 0.140 e. The van der Waals surface area contributed by atoms with Gasteiger partial charge in [0.2, 0.25) is 0 Å². The van der Waals surface area contributed by atoms with Crippen molar-refractivity contribution in [3.8, 4) is 0 Å². The summed E-state index contributed by atoms with van der Waals surface area (Å²) in [5, 5.41) is 0. The summed E-state index contributed by atoms with van der Waals surface area (Å²) >= 11 is 0. The lowest BCUT2D eigenvalue weighted by Gasteiger charge is -1.97. The molecule has 0 aromatic rings. The zero-order valence-corrected chi connectivity index (χ0v) is 6.52. The van der Waals surface area contributed by atoms with Crippen molar-refractivity contribution < 1.29 is 4.79 Å². The largest absolute Gasteiger partial charge is 0.299 e. The van der Waals surface area contributed by atoms with E-state index in [1.165, 1.54) is 0 Å². The van der Waals surface area contributed by atoms with Crippen molar-refractivity contribution in [2.24, 2.45) is 0 Å². The van der Waals surface area contributed by atoms with Crippen LogP contribution in [0.25, 0.3) is 0 Å². The van der Waals surface area contributed by atoms with E-state index < -0.39 is 0 Å². The Hall–Kier alpha value is -0.850. The van der Waals surface area contributed by atoms with Gasteiger partial charge in [0.25, 0.3) is 0 Å². The first-order valence-electron chi connectivity index (χ1n) is 3.50. The predicted molar refractivity (Wildman–Crippen MR) is 43.9 cm³/mol. The second-order valence-electron chi connectivity index (χ2n) is 2.31. The van der Waals surface area contributed by atoms with Crippen molar-refractivity contribution >= 4 is 5.78 Å². The van der Waals surface area contributed by atoms with Crippen molar-refractivity contribution in [1.82, 2.24) is 0 Å². The molecule has 0 bridgehead atoms. The lowest BCUT2D eigenvalue weighted by molar-refractivity contribution is -0.117. The van der Waals surface area contributed by atoms with Crippen LogP contribution < -0.4 is 0 Å². The predicted octanol–water partition coefficient (Wildman–Crippen LogP) is 2.49. The minimum Gasteiger partial charge on any atom is -0.299 e. The van der Waals surface area contributed by atoms with Crippen LogP contribution in [0.4, 0.5) is 0 Å². The summed E-state index contributed by atoms with van der Waals surface area (Å²) in [4.78, 5) is 10.9. The second kappa shape index (κ2) is 4.98. The normalized spacial score (nSPS) is 8.90. The third-order valence-electron chi connectivity index (χ3n) is 1.32. The Morgan fingerprint density at radius 1 is 1.60 bits per heavy atom. The summed E-state index contributed by atoms with van der Waals surface area (Å²) in [5.41, 5.74) is 1.01. The summed E-state index contributed by atoms with van der Waals surface area (Å²) in [5.74, 6) is 0.210. The molecule has 0 aliphatic rings. The topological polar surface area (TPSA) is 17.1 Å². The van der Waals surface area contributed by atoms with E-state index in [1.54, 1.807) is 6.08 Å². The molecule has 10 heavy (non-hydrogen) atoms. The number of Topliss-reactive ketones (excluding diaryl/α,β-unsaturated/α-hetero) is 1. The molecule has 0 radical (unpaired) electrons. The highest BCUT2D eigenvalue weighted by atomic mass is 16.1. The summed E-state index contributed by atoms with van der Waals surface area (Å²) in [7, 11) is 0. The molecule has 0 fully saturated rings. The number of allylic oxidation sites excluding steroid dienone is 2. The van der Waals surface area contributed by atoms with Gasteiger partial charge in [-0.3, -0.25) is 4.79 Å². The Balaban J connectivity index is 3.57. The van der Waals surface area contributed by atoms with E-state index in [9.17, 15) is 4.79 Å². The highest BCUT2D eigenvalue weighted by Crippen LogP contribution is 2.04. The van der Waals surface area contributed by atoms with Gasteiger partial charge >= 0.3 is 0 Å². The number of hydrogen-bond donors (Lipinski definition) is 0. The smallest absolute Gasteiger partial charge is 0.140 e. The first-order valence-corrected chi connectivity index (χ1v) is 3.50. The average molecular weight is 138 g/mol. The van der Waals surface area contributed by atoms with E-state index in [0.29, 0.717) is 12.8 Å². The lowest BCUT2D eigenvalue weighted by atomic mass is 10.1. The number of ketones is 1. The third-order valence-corrected chi connectivity index (χ3v) is 1.32. The molecule has 1 heteroatoms. The zero-order chi connectivity index (χ0) is 7.98. The van der Waals surface area contributed by atoms with Crippen LogP contribution in [0.3, 0.4) is 0 Å². The molecular formula is C9H14O. The van der Waals surface area contributed by atoms with Crippen LogP contribution in [0.15, 0.2) is 24.8 Å². The van der Waals surface area contributed by atoms with Crippen LogP contribution >= 0.6 is 0 Å². The van der Waals surface area contributed by atoms with Crippen molar-refractivity contribution in [2.75, 3.05) is 0 Å². The molecule has 0 N–H and O–H groups in total. The summed E-state index contributed by atoms with van der Waals surface area (Å²) in [6.07, 6.45) is 3.51. The lowest BCUT2D eigenvalue weighted by Crippen LogP contribution is -1.96. The standard InChI is InChI=1S/C9H14O/c1-4-6-9(10)7-8(3)5-2/h4H,1,3,5-7H2,2H3. The molecule has 0 aliphatic heterocycles. The summed E-state index contributed by atoms with van der Waals surface area (Å²) in [6.45, 7) is 9.23. The van der Waals surface area contributed by atoms with Crippen LogP contribution in [0, 0.1) is 0 Å². The van der Waals surface area contributed by atoms with Crippen LogP contribution in [0.2, 0.25) is 0 Å². The molecule has 1 nitrogen and oxygen atoms in total. The molecule has 56 valence electrons. The molecule has 0 spiro atoms. The van der Waals surface area contributed by atoms with Crippen LogP contribution in [-0.2, 0) is 4.79 Å². The van der Waals surface area contributed by atoms with Gasteiger partial charge < -0.3 is 0 Å². The number of carbonyl (C=O) groups excluding carboxylic acids is 1. The molecule has 0 saturated carbocycles. The minimum absolute atomic E-state index is 0.210. The van der Waals surface area contributed by atoms with E-state index in [4.69, 9.17) is 0 Å². The van der Waals surface area contributed by atoms with Crippen LogP contribution in [0.5, 0.6) is 0 Å². The quantitative estimate of drug-likeness (QED) is 0.533. The highest BCUT2D eigenvalue weighted by Gasteiger charge is 1.99. The van der Waals surface area contributed by atoms with Crippen LogP contribution in [0.1, 0.15) is 26.2 Å². The number of rotatable bonds is 5. The molecule has 0 aromatic carbocycles. The Bertz CT molecular complexity index is 145. The minimum atomic E-state index is 0.210. The van der Waals surface area contributed by atoms with Crippen molar-refractivity contribution in [2.45, 2.75) is 26.2 Å². The van der Waals surface area contributed by atoms with E-state index in [1.807, 2.05) is 6.92 Å². The second-order valence-corrected chi connectivity index (χ2v) is 2.31. The molecule has 0 heterocycles. The maximum atomic E-state index is 10.9. The van der Waals surface area contributed by atoms with Gasteiger partial charge in [0.15, 0.2) is 0 Å². The van der Waals surface area contributed by atoms with Gasteiger partial charge in [-0.1, -0.05) is 25.2 Å². The van der Waals surface area contributed by atoms with Gasteiger partial charge in [-0.2, -0.15) is 0 Å². The highest BCUT2D eigenvalue weighted by molar-refractivity contribution is 5.81. The molecule has 0 rings (SSSR count). The summed E-state index contributed by atoms with van der Waals surface area (Å²) < 4.78 is 0. The fraction of sp³-hybridized carbons (Fsp3) is 0.444. The molecular weight excluding hydrogens is 124 g/mol. The molecule has 0 amide bonds. The SMILES string of the molecule is C=CCC(=O)CC(=C)CC. The van der Waals surface area contributed by atoms with Crippen molar-refractivity contribution in [1.29, 1.82) is 0 Å². The number of hydrogen-bond acceptors (Lipinski definition) is 1. The molecule has 0 aliphatic carbocycles. The van der Waals surface area contributed by atoms with Gasteiger partial charge in [0, 0.05) is 12.8 Å². The van der Waals surface area contributed by atoms with Crippen molar-refractivity contribution in [3.05, 3.63) is 24.8 Å². The van der Waals surface area contributed by atoms with E-state index in [2.05, 4.69) is 13.2 Å². The average Bonchev–Trinajstić information content (AvgIpc) is 1.88. The molecule has 0 unspecified atom stereocenters. The summed E-state index contributed by atoms with van der Waals surface area (Å²) in [6, 6.07) is 0. The van der Waals surface area contributed by atoms with Gasteiger partial charge in [0.1, 0.15) is 5.78 Å². The Labute approximate surface area is 62.4 Å². The van der Waals surface area contributed by atoms with Gasteiger partial charge in [-0.25, -0.2) is 0 Å². The van der Waals surface area contributed by atoms with E-state index in [-0.39, 0.29) is 5.78 Å². The molecule has 0 atom stereocenters. The van der Waals surface area contributed by atoms with E-state index in [0.717, 1.165) is 12.0 Å². The Morgan fingerprint density at radius 3 is 2.60 bits per heavy atom. The Morgan fingerprint density at radius 2 is 2.20 bits per heavy atom. The monoisotopic (exact) mass is 138 g/mol. The zero-order valence-electron chi connectivity index (χ0n) is 6.52.